The molecule has 1 aliphatic heterocycles. The van der Waals surface area contributed by atoms with Crippen molar-refractivity contribution in [2.45, 2.75) is 39.5 Å². The fourth-order valence-corrected chi connectivity index (χ4v) is 2.05. The van der Waals surface area contributed by atoms with Crippen molar-refractivity contribution in [3.05, 3.63) is 0 Å². The molecule has 0 atom stereocenters. The third-order valence-corrected chi connectivity index (χ3v) is 3.31. The number of carbonyl (C=O) groups excluding carboxylic acids is 1. The van der Waals surface area contributed by atoms with Crippen LogP contribution in [0.3, 0.4) is 0 Å². The topological polar surface area (TPSA) is 32.3 Å². The van der Waals surface area contributed by atoms with Gasteiger partial charge in [-0.05, 0) is 18.9 Å². The van der Waals surface area contributed by atoms with Gasteiger partial charge in [0.2, 0.25) is 5.91 Å². The average molecular weight is 212 g/mol. The maximum Gasteiger partial charge on any atom is 0.222 e. The maximum atomic E-state index is 12.0. The van der Waals surface area contributed by atoms with E-state index in [0.717, 1.165) is 51.9 Å². The lowest BCUT2D eigenvalue weighted by Gasteiger charge is -2.22. The summed E-state index contributed by atoms with van der Waals surface area (Å²) in [6.45, 7) is 8.17. The molecule has 0 spiro atoms. The van der Waals surface area contributed by atoms with Crippen LogP contribution in [0.2, 0.25) is 0 Å². The molecule has 0 radical (unpaired) electrons. The molecule has 0 aromatic heterocycles. The summed E-state index contributed by atoms with van der Waals surface area (Å²) in [5.41, 5.74) is 0. The zero-order valence-electron chi connectivity index (χ0n) is 10.1. The van der Waals surface area contributed by atoms with Crippen LogP contribution in [0.25, 0.3) is 0 Å². The molecule has 1 heterocycles. The lowest BCUT2D eigenvalue weighted by atomic mass is 9.99. The van der Waals surface area contributed by atoms with Crippen molar-refractivity contribution >= 4 is 5.91 Å². The van der Waals surface area contributed by atoms with Crippen LogP contribution in [0.5, 0.6) is 0 Å². The number of amides is 1. The summed E-state index contributed by atoms with van der Waals surface area (Å²) in [7, 11) is 0. The second-order valence-corrected chi connectivity index (χ2v) is 4.37. The number of rotatable bonds is 4. The van der Waals surface area contributed by atoms with Crippen molar-refractivity contribution < 1.29 is 4.79 Å². The molecule has 0 aromatic carbocycles. The van der Waals surface area contributed by atoms with E-state index in [2.05, 4.69) is 19.2 Å². The Hall–Kier alpha value is -0.570. The second kappa shape index (κ2) is 6.83. The number of carbonyl (C=O) groups is 1. The van der Waals surface area contributed by atoms with Gasteiger partial charge in [0.15, 0.2) is 0 Å². The summed E-state index contributed by atoms with van der Waals surface area (Å²) in [5, 5.41) is 3.32. The molecule has 88 valence electrons. The van der Waals surface area contributed by atoms with E-state index in [0.29, 0.717) is 11.8 Å². The molecule has 1 saturated heterocycles. The van der Waals surface area contributed by atoms with Crippen molar-refractivity contribution in [2.75, 3.05) is 26.2 Å². The van der Waals surface area contributed by atoms with Crippen LogP contribution in [0.1, 0.15) is 39.5 Å². The van der Waals surface area contributed by atoms with Crippen molar-refractivity contribution in [1.82, 2.24) is 10.2 Å². The number of hydrogen-bond acceptors (Lipinski definition) is 2. The zero-order valence-corrected chi connectivity index (χ0v) is 10.1. The maximum absolute atomic E-state index is 12.0. The van der Waals surface area contributed by atoms with Gasteiger partial charge in [-0.25, -0.2) is 0 Å². The van der Waals surface area contributed by atoms with Crippen LogP contribution >= 0.6 is 0 Å². The van der Waals surface area contributed by atoms with Gasteiger partial charge in [0, 0.05) is 26.1 Å². The summed E-state index contributed by atoms with van der Waals surface area (Å²) >= 11 is 0. The third-order valence-electron chi connectivity index (χ3n) is 3.31. The van der Waals surface area contributed by atoms with Crippen molar-refractivity contribution in [2.24, 2.45) is 5.92 Å². The molecule has 0 saturated carbocycles. The van der Waals surface area contributed by atoms with Crippen LogP contribution in [0, 0.1) is 5.92 Å². The highest BCUT2D eigenvalue weighted by Crippen LogP contribution is 2.14. The van der Waals surface area contributed by atoms with E-state index in [1.165, 1.54) is 0 Å². The minimum Gasteiger partial charge on any atom is -0.341 e. The van der Waals surface area contributed by atoms with Crippen LogP contribution in [0.15, 0.2) is 0 Å². The van der Waals surface area contributed by atoms with Crippen LogP contribution in [-0.2, 0) is 4.79 Å². The van der Waals surface area contributed by atoms with Gasteiger partial charge in [-0.1, -0.05) is 26.7 Å². The van der Waals surface area contributed by atoms with Crippen molar-refractivity contribution in [3.63, 3.8) is 0 Å². The lowest BCUT2D eigenvalue weighted by Crippen LogP contribution is -2.35. The number of nitrogens with zero attached hydrogens (tertiary/aromatic N) is 1. The Morgan fingerprint density at radius 3 is 2.67 bits per heavy atom. The number of hydrogen-bond donors (Lipinski definition) is 1. The second-order valence-electron chi connectivity index (χ2n) is 4.37. The Labute approximate surface area is 93.2 Å². The van der Waals surface area contributed by atoms with Crippen molar-refractivity contribution in [1.29, 1.82) is 0 Å². The molecule has 3 heteroatoms. The Kier molecular flexibility index (Phi) is 5.69. The predicted octanol–water partition coefficient (Wildman–Crippen LogP) is 1.63. The Bertz CT molecular complexity index is 182. The molecule has 0 unspecified atom stereocenters. The zero-order chi connectivity index (χ0) is 11.1. The predicted molar refractivity (Wildman–Crippen MR) is 62.8 cm³/mol. The molecule has 1 fully saturated rings. The molecule has 3 nitrogen and oxygen atoms in total. The quantitative estimate of drug-likeness (QED) is 0.768. The Balaban J connectivity index is 2.36. The molecule has 1 rings (SSSR count). The molecule has 1 aliphatic rings. The van der Waals surface area contributed by atoms with E-state index in [4.69, 9.17) is 0 Å². The monoisotopic (exact) mass is 212 g/mol. The molecule has 1 N–H and O–H groups in total. The largest absolute Gasteiger partial charge is 0.341 e. The Morgan fingerprint density at radius 1 is 1.27 bits per heavy atom. The average Bonchev–Trinajstić information content (AvgIpc) is 2.54. The van der Waals surface area contributed by atoms with Gasteiger partial charge in [0.1, 0.15) is 0 Å². The summed E-state index contributed by atoms with van der Waals surface area (Å²) in [6, 6.07) is 0. The van der Waals surface area contributed by atoms with E-state index in [-0.39, 0.29) is 0 Å². The fourth-order valence-electron chi connectivity index (χ4n) is 2.05. The van der Waals surface area contributed by atoms with E-state index < -0.39 is 0 Å². The highest BCUT2D eigenvalue weighted by atomic mass is 16.2. The van der Waals surface area contributed by atoms with Gasteiger partial charge in [-0.15, -0.1) is 0 Å². The minimum atomic E-state index is 0.354. The van der Waals surface area contributed by atoms with E-state index in [1.807, 2.05) is 4.90 Å². The summed E-state index contributed by atoms with van der Waals surface area (Å²) in [6.07, 6.45) is 4.07. The Morgan fingerprint density at radius 2 is 2.00 bits per heavy atom. The lowest BCUT2D eigenvalue weighted by molar-refractivity contribution is -0.132. The minimum absolute atomic E-state index is 0.354. The molecule has 1 amide bonds. The first-order valence-corrected chi connectivity index (χ1v) is 6.26. The molecular formula is C12H24N2O. The molecule has 0 bridgehead atoms. The molecule has 15 heavy (non-hydrogen) atoms. The standard InChI is InChI=1S/C12H24N2O/c1-3-11(4-2)10-12(15)14-8-5-6-13-7-9-14/h11,13H,3-10H2,1-2H3. The highest BCUT2D eigenvalue weighted by Gasteiger charge is 2.17. The van der Waals surface area contributed by atoms with E-state index in [9.17, 15) is 4.79 Å². The van der Waals surface area contributed by atoms with Gasteiger partial charge in [-0.2, -0.15) is 0 Å². The third kappa shape index (κ3) is 4.20. The van der Waals surface area contributed by atoms with E-state index in [1.54, 1.807) is 0 Å². The molecular weight excluding hydrogens is 188 g/mol. The van der Waals surface area contributed by atoms with Crippen LogP contribution in [0.4, 0.5) is 0 Å². The van der Waals surface area contributed by atoms with Gasteiger partial charge in [0.05, 0.1) is 0 Å². The SMILES string of the molecule is CCC(CC)CC(=O)N1CCCNCC1. The van der Waals surface area contributed by atoms with Crippen molar-refractivity contribution in [3.8, 4) is 0 Å². The number of nitrogens with one attached hydrogen (secondary N) is 1. The molecule has 0 aliphatic carbocycles. The van der Waals surface area contributed by atoms with Crippen LogP contribution in [-0.4, -0.2) is 37.0 Å². The molecule has 0 aromatic rings. The van der Waals surface area contributed by atoms with Gasteiger partial charge in [0.25, 0.3) is 0 Å². The first-order valence-electron chi connectivity index (χ1n) is 6.26. The van der Waals surface area contributed by atoms with Gasteiger partial charge >= 0.3 is 0 Å². The van der Waals surface area contributed by atoms with Gasteiger partial charge in [-0.3, -0.25) is 4.79 Å². The first kappa shape index (κ1) is 12.5. The highest BCUT2D eigenvalue weighted by molar-refractivity contribution is 5.76. The summed E-state index contributed by atoms with van der Waals surface area (Å²) < 4.78 is 0. The summed E-state index contributed by atoms with van der Waals surface area (Å²) in [4.78, 5) is 14.0. The van der Waals surface area contributed by atoms with Gasteiger partial charge < -0.3 is 10.2 Å². The first-order chi connectivity index (χ1) is 7.27. The fraction of sp³-hybridized carbons (Fsp3) is 0.917. The smallest absolute Gasteiger partial charge is 0.222 e. The van der Waals surface area contributed by atoms with E-state index >= 15 is 0 Å². The normalized spacial score (nSPS) is 17.9. The van der Waals surface area contributed by atoms with Crippen LogP contribution < -0.4 is 5.32 Å². The summed E-state index contributed by atoms with van der Waals surface area (Å²) in [5.74, 6) is 0.932.